The van der Waals surface area contributed by atoms with Gasteiger partial charge in [0.05, 0.1) is 0 Å². The topological polar surface area (TPSA) is 61.8 Å². The fourth-order valence-corrected chi connectivity index (χ4v) is 3.94. The van der Waals surface area contributed by atoms with Crippen LogP contribution in [-0.2, 0) is 4.74 Å². The van der Waals surface area contributed by atoms with Crippen molar-refractivity contribution in [2.45, 2.75) is 52.5 Å². The molecule has 1 amide bonds. The number of carbonyl (C=O) groups is 1. The molecule has 0 aromatic rings. The molecule has 0 aliphatic carbocycles. The molecule has 2 heterocycles. The van der Waals surface area contributed by atoms with Gasteiger partial charge in [0.1, 0.15) is 0 Å². The fourth-order valence-electron chi connectivity index (χ4n) is 3.94. The number of ether oxygens (including phenoxy) is 1. The first kappa shape index (κ1) is 17.5. The molecule has 2 saturated heterocycles. The number of rotatable bonds is 4. The molecule has 5 nitrogen and oxygen atoms in total. The Morgan fingerprint density at radius 3 is 2.32 bits per heavy atom. The summed E-state index contributed by atoms with van der Waals surface area (Å²) in [6.07, 6.45) is 3.65. The van der Waals surface area contributed by atoms with E-state index in [1.165, 1.54) is 19.4 Å². The van der Waals surface area contributed by atoms with Crippen molar-refractivity contribution in [3.05, 3.63) is 0 Å². The molecule has 2 aliphatic heterocycles. The second-order valence-electron chi connectivity index (χ2n) is 7.99. The normalized spacial score (nSPS) is 24.1. The first-order valence-electron chi connectivity index (χ1n) is 8.66. The quantitative estimate of drug-likeness (QED) is 0.838. The number of amides is 1. The lowest BCUT2D eigenvalue weighted by Crippen LogP contribution is -2.51. The van der Waals surface area contributed by atoms with Gasteiger partial charge >= 0.3 is 6.09 Å². The van der Waals surface area contributed by atoms with E-state index in [4.69, 9.17) is 9.84 Å². The summed E-state index contributed by atoms with van der Waals surface area (Å²) in [5.41, 5.74) is -0.0358. The summed E-state index contributed by atoms with van der Waals surface area (Å²) in [6.45, 7) is 11.6. The first-order valence-corrected chi connectivity index (χ1v) is 8.66. The maximum absolute atomic E-state index is 11.1. The standard InChI is InChI=1S/C17H32N2O3/c1-17(2,3)15(18-16(20)21)14-4-8-19(9-5-14)12-13-6-10-22-11-7-13/h13-15,18H,4-12H2,1-3H3,(H,20,21). The van der Waals surface area contributed by atoms with Gasteiger partial charge in [0.25, 0.3) is 0 Å². The summed E-state index contributed by atoms with van der Waals surface area (Å²) in [4.78, 5) is 13.7. The van der Waals surface area contributed by atoms with Crippen molar-refractivity contribution in [2.75, 3.05) is 32.8 Å². The van der Waals surface area contributed by atoms with Crippen molar-refractivity contribution in [2.24, 2.45) is 17.3 Å². The van der Waals surface area contributed by atoms with Gasteiger partial charge in [0.2, 0.25) is 0 Å². The third-order valence-corrected chi connectivity index (χ3v) is 5.17. The van der Waals surface area contributed by atoms with Crippen LogP contribution in [0.15, 0.2) is 0 Å². The highest BCUT2D eigenvalue weighted by molar-refractivity contribution is 5.65. The van der Waals surface area contributed by atoms with Gasteiger partial charge in [-0.25, -0.2) is 4.79 Å². The third kappa shape index (κ3) is 5.13. The highest BCUT2D eigenvalue weighted by Gasteiger charge is 2.35. The monoisotopic (exact) mass is 312 g/mol. The Morgan fingerprint density at radius 2 is 1.82 bits per heavy atom. The summed E-state index contributed by atoms with van der Waals surface area (Å²) in [7, 11) is 0. The Hall–Kier alpha value is -0.810. The van der Waals surface area contributed by atoms with Crippen molar-refractivity contribution in [1.82, 2.24) is 10.2 Å². The summed E-state index contributed by atoms with van der Waals surface area (Å²) in [5, 5.41) is 11.9. The van der Waals surface area contributed by atoms with Crippen molar-refractivity contribution in [1.29, 1.82) is 0 Å². The molecular formula is C17H32N2O3. The Labute approximate surface area is 134 Å². The molecule has 128 valence electrons. The van der Waals surface area contributed by atoms with Crippen LogP contribution >= 0.6 is 0 Å². The number of piperidine rings is 1. The van der Waals surface area contributed by atoms with Gasteiger partial charge in [0.15, 0.2) is 0 Å². The number of hydrogen-bond acceptors (Lipinski definition) is 3. The van der Waals surface area contributed by atoms with E-state index < -0.39 is 6.09 Å². The van der Waals surface area contributed by atoms with Gasteiger partial charge < -0.3 is 20.1 Å². The molecule has 0 radical (unpaired) electrons. The van der Waals surface area contributed by atoms with Gasteiger partial charge in [-0.3, -0.25) is 0 Å². The Balaban J connectivity index is 1.82. The van der Waals surface area contributed by atoms with Crippen molar-refractivity contribution >= 4 is 6.09 Å². The molecule has 0 aromatic carbocycles. The number of nitrogens with one attached hydrogen (secondary N) is 1. The lowest BCUT2D eigenvalue weighted by Gasteiger charge is -2.42. The molecule has 2 N–H and O–H groups in total. The van der Waals surface area contributed by atoms with Crippen LogP contribution in [0.2, 0.25) is 0 Å². The Bertz CT molecular complexity index is 353. The first-order chi connectivity index (χ1) is 10.4. The zero-order chi connectivity index (χ0) is 16.2. The second-order valence-corrected chi connectivity index (χ2v) is 7.99. The zero-order valence-electron chi connectivity index (χ0n) is 14.3. The maximum atomic E-state index is 11.1. The highest BCUT2D eigenvalue weighted by Crippen LogP contribution is 2.32. The molecule has 1 unspecified atom stereocenters. The summed E-state index contributed by atoms with van der Waals surface area (Å²) in [5.74, 6) is 1.22. The Kier molecular flexibility index (Phi) is 6.09. The van der Waals surface area contributed by atoms with Crippen LogP contribution in [0.5, 0.6) is 0 Å². The minimum absolute atomic E-state index is 0.0358. The molecule has 0 saturated carbocycles. The number of nitrogens with zero attached hydrogens (tertiary/aromatic N) is 1. The van der Waals surface area contributed by atoms with Gasteiger partial charge in [-0.05, 0) is 56.0 Å². The molecule has 2 rings (SSSR count). The van der Waals surface area contributed by atoms with Crippen molar-refractivity contribution < 1.29 is 14.6 Å². The second kappa shape index (κ2) is 7.64. The largest absolute Gasteiger partial charge is 0.465 e. The third-order valence-electron chi connectivity index (χ3n) is 5.17. The maximum Gasteiger partial charge on any atom is 0.404 e. The minimum atomic E-state index is -0.899. The smallest absolute Gasteiger partial charge is 0.404 e. The van der Waals surface area contributed by atoms with Crippen molar-refractivity contribution in [3.63, 3.8) is 0 Å². The van der Waals surface area contributed by atoms with E-state index in [1.807, 2.05) is 0 Å². The predicted octanol–water partition coefficient (Wildman–Crippen LogP) is 2.81. The fraction of sp³-hybridized carbons (Fsp3) is 0.941. The number of carboxylic acid groups (broad SMARTS) is 1. The average molecular weight is 312 g/mol. The van der Waals surface area contributed by atoms with Gasteiger partial charge in [-0.2, -0.15) is 0 Å². The molecule has 1 atom stereocenters. The zero-order valence-corrected chi connectivity index (χ0v) is 14.3. The molecule has 0 spiro atoms. The molecule has 22 heavy (non-hydrogen) atoms. The van der Waals surface area contributed by atoms with Crippen LogP contribution in [0, 0.1) is 17.3 Å². The van der Waals surface area contributed by atoms with E-state index in [2.05, 4.69) is 31.0 Å². The van der Waals surface area contributed by atoms with Crippen LogP contribution in [-0.4, -0.2) is 55.0 Å². The van der Waals surface area contributed by atoms with Crippen LogP contribution in [0.1, 0.15) is 46.5 Å². The molecule has 0 bridgehead atoms. The summed E-state index contributed by atoms with van der Waals surface area (Å²) < 4.78 is 5.43. The predicted molar refractivity (Wildman–Crippen MR) is 87.1 cm³/mol. The van der Waals surface area contributed by atoms with Gasteiger partial charge in [-0.15, -0.1) is 0 Å². The molecule has 0 aromatic heterocycles. The van der Waals surface area contributed by atoms with Gasteiger partial charge in [-0.1, -0.05) is 20.8 Å². The van der Waals surface area contributed by atoms with E-state index in [0.717, 1.165) is 45.1 Å². The SMILES string of the molecule is CC(C)(C)C(NC(=O)O)C1CCN(CC2CCOCC2)CC1. The summed E-state index contributed by atoms with van der Waals surface area (Å²) in [6, 6.07) is 0.0373. The highest BCUT2D eigenvalue weighted by atomic mass is 16.5. The Morgan fingerprint density at radius 1 is 1.23 bits per heavy atom. The van der Waals surface area contributed by atoms with E-state index >= 15 is 0 Å². The van der Waals surface area contributed by atoms with E-state index in [0.29, 0.717) is 5.92 Å². The minimum Gasteiger partial charge on any atom is -0.465 e. The van der Waals surface area contributed by atoms with Crippen molar-refractivity contribution in [3.8, 4) is 0 Å². The summed E-state index contributed by atoms with van der Waals surface area (Å²) >= 11 is 0. The van der Waals surface area contributed by atoms with Crippen LogP contribution < -0.4 is 5.32 Å². The van der Waals surface area contributed by atoms with E-state index in [9.17, 15) is 4.79 Å². The van der Waals surface area contributed by atoms with Crippen LogP contribution in [0.3, 0.4) is 0 Å². The molecule has 2 fully saturated rings. The van der Waals surface area contributed by atoms with E-state index in [-0.39, 0.29) is 11.5 Å². The van der Waals surface area contributed by atoms with E-state index in [1.54, 1.807) is 0 Å². The lowest BCUT2D eigenvalue weighted by atomic mass is 9.75. The molecule has 2 aliphatic rings. The lowest BCUT2D eigenvalue weighted by molar-refractivity contribution is 0.0415. The molecular weight excluding hydrogens is 280 g/mol. The van der Waals surface area contributed by atoms with Crippen LogP contribution in [0.25, 0.3) is 0 Å². The number of hydrogen-bond donors (Lipinski definition) is 2. The van der Waals surface area contributed by atoms with Crippen LogP contribution in [0.4, 0.5) is 4.79 Å². The molecule has 5 heteroatoms. The van der Waals surface area contributed by atoms with Gasteiger partial charge in [0, 0.05) is 25.8 Å². The average Bonchev–Trinajstić information content (AvgIpc) is 2.46. The number of likely N-dealkylation sites (tertiary alicyclic amines) is 1.